The molecule has 0 aliphatic carbocycles. The van der Waals surface area contributed by atoms with Crippen molar-refractivity contribution in [3.63, 3.8) is 0 Å². The Kier molecular flexibility index (Phi) is 2.37. The minimum Gasteiger partial charge on any atom is -0.507 e. The quantitative estimate of drug-likeness (QED) is 0.817. The van der Waals surface area contributed by atoms with Crippen molar-refractivity contribution in [3.05, 3.63) is 30.3 Å². The molecular formula is C12H12O3. The average molecular weight is 204 g/mol. The van der Waals surface area contributed by atoms with Gasteiger partial charge in [-0.15, -0.1) is 0 Å². The first kappa shape index (κ1) is 9.65. The molecule has 15 heavy (non-hydrogen) atoms. The Hall–Kier alpha value is -1.90. The highest BCUT2D eigenvalue weighted by molar-refractivity contribution is 5.90. The summed E-state index contributed by atoms with van der Waals surface area (Å²) < 4.78 is 10.3. The van der Waals surface area contributed by atoms with Crippen LogP contribution in [-0.2, 0) is 0 Å². The molecule has 1 N–H and O–H groups in total. The van der Waals surface area contributed by atoms with Gasteiger partial charge in [0.15, 0.2) is 11.5 Å². The lowest BCUT2D eigenvalue weighted by molar-refractivity contribution is 0.355. The zero-order chi connectivity index (χ0) is 10.8. The molecular weight excluding hydrogens is 192 g/mol. The summed E-state index contributed by atoms with van der Waals surface area (Å²) in [6.07, 6.45) is 0. The Morgan fingerprint density at radius 1 is 1.00 bits per heavy atom. The summed E-state index contributed by atoms with van der Waals surface area (Å²) in [7, 11) is 3.16. The standard InChI is InChI=1S/C12H12O3/c1-14-11-6-8-4-3-5-10(13)9(8)7-12(11)15-2/h3-7,13H,1-2H3. The van der Waals surface area contributed by atoms with E-state index in [1.807, 2.05) is 12.1 Å². The van der Waals surface area contributed by atoms with E-state index >= 15 is 0 Å². The number of methoxy groups -OCH3 is 2. The summed E-state index contributed by atoms with van der Waals surface area (Å²) in [4.78, 5) is 0. The van der Waals surface area contributed by atoms with E-state index in [0.29, 0.717) is 11.5 Å². The third kappa shape index (κ3) is 1.56. The molecule has 0 spiro atoms. The fourth-order valence-electron chi connectivity index (χ4n) is 1.59. The highest BCUT2D eigenvalue weighted by atomic mass is 16.5. The molecule has 0 aliphatic rings. The molecule has 0 fully saturated rings. The summed E-state index contributed by atoms with van der Waals surface area (Å²) in [6.45, 7) is 0. The van der Waals surface area contributed by atoms with Crippen LogP contribution in [0.3, 0.4) is 0 Å². The van der Waals surface area contributed by atoms with Crippen LogP contribution in [0.1, 0.15) is 0 Å². The van der Waals surface area contributed by atoms with E-state index in [1.54, 1.807) is 32.4 Å². The Morgan fingerprint density at radius 3 is 2.33 bits per heavy atom. The van der Waals surface area contributed by atoms with E-state index < -0.39 is 0 Å². The zero-order valence-corrected chi connectivity index (χ0v) is 8.65. The summed E-state index contributed by atoms with van der Waals surface area (Å²) in [5.41, 5.74) is 0. The van der Waals surface area contributed by atoms with Crippen molar-refractivity contribution in [2.75, 3.05) is 14.2 Å². The average Bonchev–Trinajstić information content (AvgIpc) is 2.28. The first-order chi connectivity index (χ1) is 7.26. The molecule has 2 rings (SSSR count). The first-order valence-electron chi connectivity index (χ1n) is 4.60. The lowest BCUT2D eigenvalue weighted by Crippen LogP contribution is -1.90. The van der Waals surface area contributed by atoms with Gasteiger partial charge in [-0.3, -0.25) is 0 Å². The zero-order valence-electron chi connectivity index (χ0n) is 8.65. The lowest BCUT2D eigenvalue weighted by atomic mass is 10.1. The number of benzene rings is 2. The molecule has 2 aromatic carbocycles. The van der Waals surface area contributed by atoms with E-state index in [4.69, 9.17) is 9.47 Å². The van der Waals surface area contributed by atoms with Crippen LogP contribution in [0.5, 0.6) is 17.2 Å². The topological polar surface area (TPSA) is 38.7 Å². The van der Waals surface area contributed by atoms with Gasteiger partial charge in [0.1, 0.15) is 5.75 Å². The largest absolute Gasteiger partial charge is 0.507 e. The van der Waals surface area contributed by atoms with Crippen LogP contribution in [0.25, 0.3) is 10.8 Å². The maximum absolute atomic E-state index is 9.66. The molecule has 0 atom stereocenters. The monoisotopic (exact) mass is 204 g/mol. The molecule has 0 bridgehead atoms. The summed E-state index contributed by atoms with van der Waals surface area (Å²) in [6, 6.07) is 8.96. The Morgan fingerprint density at radius 2 is 1.67 bits per heavy atom. The van der Waals surface area contributed by atoms with Crippen molar-refractivity contribution in [1.29, 1.82) is 0 Å². The summed E-state index contributed by atoms with van der Waals surface area (Å²) in [5.74, 6) is 1.52. The van der Waals surface area contributed by atoms with Crippen LogP contribution in [0.2, 0.25) is 0 Å². The van der Waals surface area contributed by atoms with Crippen LogP contribution < -0.4 is 9.47 Å². The molecule has 2 aromatic rings. The van der Waals surface area contributed by atoms with Gasteiger partial charge in [-0.05, 0) is 23.6 Å². The highest BCUT2D eigenvalue weighted by Gasteiger charge is 2.07. The van der Waals surface area contributed by atoms with Crippen LogP contribution >= 0.6 is 0 Å². The van der Waals surface area contributed by atoms with Gasteiger partial charge in [0.25, 0.3) is 0 Å². The van der Waals surface area contributed by atoms with Crippen molar-refractivity contribution in [1.82, 2.24) is 0 Å². The van der Waals surface area contributed by atoms with E-state index in [-0.39, 0.29) is 5.75 Å². The van der Waals surface area contributed by atoms with Crippen LogP contribution in [0.4, 0.5) is 0 Å². The van der Waals surface area contributed by atoms with Gasteiger partial charge in [0.05, 0.1) is 14.2 Å². The van der Waals surface area contributed by atoms with Gasteiger partial charge >= 0.3 is 0 Å². The number of hydrogen-bond acceptors (Lipinski definition) is 3. The molecule has 0 heterocycles. The molecule has 3 nitrogen and oxygen atoms in total. The molecule has 0 aliphatic heterocycles. The normalized spacial score (nSPS) is 10.3. The van der Waals surface area contributed by atoms with Crippen molar-refractivity contribution in [3.8, 4) is 17.2 Å². The van der Waals surface area contributed by atoms with Gasteiger partial charge in [0, 0.05) is 5.39 Å². The van der Waals surface area contributed by atoms with E-state index in [9.17, 15) is 5.11 Å². The second kappa shape index (κ2) is 3.69. The third-order valence-electron chi connectivity index (χ3n) is 2.36. The maximum atomic E-state index is 9.66. The van der Waals surface area contributed by atoms with E-state index in [2.05, 4.69) is 0 Å². The van der Waals surface area contributed by atoms with Gasteiger partial charge in [-0.2, -0.15) is 0 Å². The van der Waals surface area contributed by atoms with Gasteiger partial charge in [-0.25, -0.2) is 0 Å². The number of aromatic hydroxyl groups is 1. The van der Waals surface area contributed by atoms with Gasteiger partial charge in [0.2, 0.25) is 0 Å². The maximum Gasteiger partial charge on any atom is 0.161 e. The molecule has 78 valence electrons. The first-order valence-corrected chi connectivity index (χ1v) is 4.60. The third-order valence-corrected chi connectivity index (χ3v) is 2.36. The second-order valence-electron chi connectivity index (χ2n) is 3.21. The fourth-order valence-corrected chi connectivity index (χ4v) is 1.59. The molecule has 0 radical (unpaired) electrons. The van der Waals surface area contributed by atoms with E-state index in [0.717, 1.165) is 10.8 Å². The molecule has 3 heteroatoms. The summed E-state index contributed by atoms with van der Waals surface area (Å²) in [5, 5.41) is 11.3. The van der Waals surface area contributed by atoms with Crippen LogP contribution in [0, 0.1) is 0 Å². The Balaban J connectivity index is 2.75. The lowest BCUT2D eigenvalue weighted by Gasteiger charge is -2.09. The van der Waals surface area contributed by atoms with Crippen LogP contribution in [-0.4, -0.2) is 19.3 Å². The fraction of sp³-hybridized carbons (Fsp3) is 0.167. The molecule has 0 amide bonds. The van der Waals surface area contributed by atoms with Crippen LogP contribution in [0.15, 0.2) is 30.3 Å². The highest BCUT2D eigenvalue weighted by Crippen LogP contribution is 2.35. The predicted molar refractivity (Wildman–Crippen MR) is 58.7 cm³/mol. The van der Waals surface area contributed by atoms with E-state index in [1.165, 1.54) is 0 Å². The number of fused-ring (bicyclic) bond motifs is 1. The molecule has 0 unspecified atom stereocenters. The Bertz CT molecular complexity index is 491. The number of phenols is 1. The van der Waals surface area contributed by atoms with Gasteiger partial charge in [-0.1, -0.05) is 12.1 Å². The molecule has 0 aromatic heterocycles. The van der Waals surface area contributed by atoms with Crippen molar-refractivity contribution in [2.24, 2.45) is 0 Å². The molecule has 0 saturated heterocycles. The predicted octanol–water partition coefficient (Wildman–Crippen LogP) is 2.56. The Labute approximate surface area is 87.9 Å². The minimum absolute atomic E-state index is 0.244. The van der Waals surface area contributed by atoms with Crippen molar-refractivity contribution < 1.29 is 14.6 Å². The smallest absolute Gasteiger partial charge is 0.161 e. The van der Waals surface area contributed by atoms with Crippen molar-refractivity contribution >= 4 is 10.8 Å². The number of phenolic OH excluding ortho intramolecular Hbond substituents is 1. The number of ether oxygens (including phenoxy) is 2. The minimum atomic E-state index is 0.244. The number of rotatable bonds is 2. The summed E-state index contributed by atoms with van der Waals surface area (Å²) >= 11 is 0. The number of hydrogen-bond donors (Lipinski definition) is 1. The van der Waals surface area contributed by atoms with Crippen molar-refractivity contribution in [2.45, 2.75) is 0 Å². The SMILES string of the molecule is COc1cc2cccc(O)c2cc1OC. The molecule has 0 saturated carbocycles. The van der Waals surface area contributed by atoms with Gasteiger partial charge < -0.3 is 14.6 Å². The second-order valence-corrected chi connectivity index (χ2v) is 3.21.